The molecule has 4 rings (SSSR count). The zero-order valence-electron chi connectivity index (χ0n) is 26.9. The molecule has 0 radical (unpaired) electrons. The summed E-state index contributed by atoms with van der Waals surface area (Å²) < 4.78 is 20.2. The number of rotatable bonds is 10. The zero-order valence-corrected chi connectivity index (χ0v) is 28.9. The van der Waals surface area contributed by atoms with E-state index in [1.165, 1.54) is 15.9 Å². The van der Waals surface area contributed by atoms with E-state index < -0.39 is 16.6 Å². The van der Waals surface area contributed by atoms with Crippen molar-refractivity contribution < 1.29 is 13.6 Å². The first-order valence-electron chi connectivity index (χ1n) is 15.3. The molecule has 220 valence electrons. The van der Waals surface area contributed by atoms with Gasteiger partial charge in [-0.25, -0.2) is 0 Å². The fourth-order valence-electron chi connectivity index (χ4n) is 6.50. The topological polar surface area (TPSA) is 31.0 Å². The molecule has 0 aromatic heterocycles. The Balaban J connectivity index is 1.60. The predicted molar refractivity (Wildman–Crippen MR) is 175 cm³/mol. The Labute approximate surface area is 247 Å². The lowest BCUT2D eigenvalue weighted by molar-refractivity contribution is 0.106. The maximum absolute atomic E-state index is 7.38. The van der Waals surface area contributed by atoms with E-state index in [0.717, 1.165) is 32.5 Å². The van der Waals surface area contributed by atoms with Gasteiger partial charge >= 0.3 is 0 Å². The summed E-state index contributed by atoms with van der Waals surface area (Å²) in [7, 11) is -4.33. The van der Waals surface area contributed by atoms with Crippen LogP contribution in [0.5, 0.6) is 0 Å². The first-order chi connectivity index (χ1) is 18.6. The molecule has 1 heterocycles. The van der Waals surface area contributed by atoms with E-state index in [-0.39, 0.29) is 21.1 Å². The second-order valence-electron chi connectivity index (χ2n) is 15.2. The van der Waals surface area contributed by atoms with E-state index in [2.05, 4.69) is 135 Å². The van der Waals surface area contributed by atoms with Crippen LogP contribution < -0.4 is 10.4 Å². The van der Waals surface area contributed by atoms with Gasteiger partial charge in [-0.15, -0.1) is 0 Å². The third-order valence-electron chi connectivity index (χ3n) is 10.3. The highest BCUT2D eigenvalue weighted by atomic mass is 28.4. The van der Waals surface area contributed by atoms with Crippen LogP contribution in [0.2, 0.25) is 23.2 Å². The van der Waals surface area contributed by atoms with Gasteiger partial charge in [0.2, 0.25) is 0 Å². The summed E-state index contributed by atoms with van der Waals surface area (Å²) in [4.78, 5) is 0. The summed E-state index contributed by atoms with van der Waals surface area (Å²) in [6, 6.07) is 22.0. The van der Waals surface area contributed by atoms with E-state index in [1.54, 1.807) is 0 Å². The van der Waals surface area contributed by atoms with Gasteiger partial charge in [-0.05, 0) is 64.3 Å². The molecule has 2 aromatic carbocycles. The van der Waals surface area contributed by atoms with Crippen molar-refractivity contribution in [1.29, 1.82) is 0 Å². The highest BCUT2D eigenvalue weighted by molar-refractivity contribution is 6.99. The largest absolute Gasteiger partial charge is 0.417 e. The van der Waals surface area contributed by atoms with Gasteiger partial charge in [0.25, 0.3) is 8.32 Å². The van der Waals surface area contributed by atoms with Crippen molar-refractivity contribution in [2.45, 2.75) is 103 Å². The van der Waals surface area contributed by atoms with Crippen LogP contribution in [-0.4, -0.2) is 42.1 Å². The van der Waals surface area contributed by atoms with Gasteiger partial charge in [0.05, 0.1) is 13.2 Å². The van der Waals surface area contributed by atoms with Gasteiger partial charge in [-0.1, -0.05) is 122 Å². The summed E-state index contributed by atoms with van der Waals surface area (Å²) in [5.41, 5.74) is 1.41. The molecule has 40 heavy (non-hydrogen) atoms. The first kappa shape index (κ1) is 31.4. The van der Waals surface area contributed by atoms with Crippen molar-refractivity contribution in [3.05, 3.63) is 72.3 Å². The second kappa shape index (κ2) is 11.3. The SMILES string of the molecule is C[C@H]1C[C@]2(CO2)[C@@](C)(CCCO[Si](C)(C)C(C)(C)C)C=C1CO[Si](c1ccccc1)(c1ccccc1)C(C)(C)C. The zero-order chi connectivity index (χ0) is 29.5. The lowest BCUT2D eigenvalue weighted by Gasteiger charge is -2.45. The fourth-order valence-corrected chi connectivity index (χ4v) is 12.1. The smallest absolute Gasteiger partial charge is 0.261 e. The van der Waals surface area contributed by atoms with Gasteiger partial charge in [-0.3, -0.25) is 0 Å². The summed E-state index contributed by atoms with van der Waals surface area (Å²) in [5.74, 6) is 0.442. The molecule has 2 aromatic rings. The van der Waals surface area contributed by atoms with Gasteiger partial charge in [0.15, 0.2) is 8.32 Å². The summed E-state index contributed by atoms with van der Waals surface area (Å²) in [5, 5.41) is 2.89. The van der Waals surface area contributed by atoms with Crippen molar-refractivity contribution >= 4 is 27.0 Å². The molecule has 0 amide bonds. The molecule has 0 saturated carbocycles. The minimum Gasteiger partial charge on any atom is -0.417 e. The Bertz CT molecular complexity index is 1120. The van der Waals surface area contributed by atoms with Crippen LogP contribution >= 0.6 is 0 Å². The van der Waals surface area contributed by atoms with Gasteiger partial charge in [0.1, 0.15) is 5.60 Å². The Hall–Kier alpha value is -1.51. The van der Waals surface area contributed by atoms with Crippen LogP contribution in [0.1, 0.15) is 74.7 Å². The van der Waals surface area contributed by atoms with E-state index in [1.807, 2.05) is 0 Å². The van der Waals surface area contributed by atoms with Gasteiger partial charge in [-0.2, -0.15) is 0 Å². The summed E-state index contributed by atoms with van der Waals surface area (Å²) in [6.45, 7) is 25.9. The molecule has 5 heteroatoms. The van der Waals surface area contributed by atoms with Crippen molar-refractivity contribution in [3.8, 4) is 0 Å². The number of hydrogen-bond acceptors (Lipinski definition) is 3. The standard InChI is InChI=1S/C35H54O3Si2/c1-28-24-35(27-36-35)34(8,22-17-23-37-39(9,10)32(2,3)4)25-29(28)26-38-40(33(5,6)7,30-18-13-11-14-19-30)31-20-15-12-16-21-31/h11-16,18-21,25,28H,17,22-24,26-27H2,1-10H3/t28-,34-,35-/m0/s1. The summed E-state index contributed by atoms with van der Waals surface area (Å²) in [6.07, 6.45) is 5.76. The van der Waals surface area contributed by atoms with E-state index >= 15 is 0 Å². The maximum atomic E-state index is 7.38. The van der Waals surface area contributed by atoms with Gasteiger partial charge in [0, 0.05) is 12.0 Å². The van der Waals surface area contributed by atoms with Crippen molar-refractivity contribution in [2.24, 2.45) is 11.3 Å². The number of benzene rings is 2. The summed E-state index contributed by atoms with van der Waals surface area (Å²) >= 11 is 0. The Morgan fingerprint density at radius 1 is 0.850 bits per heavy atom. The molecule has 3 atom stereocenters. The number of epoxide rings is 1. The number of hydrogen-bond donors (Lipinski definition) is 0. The van der Waals surface area contributed by atoms with Crippen LogP contribution in [-0.2, 0) is 13.6 Å². The van der Waals surface area contributed by atoms with Gasteiger partial charge < -0.3 is 13.6 Å². The molecule has 2 aliphatic rings. The highest BCUT2D eigenvalue weighted by Crippen LogP contribution is 2.56. The third kappa shape index (κ3) is 6.01. The van der Waals surface area contributed by atoms with E-state index in [9.17, 15) is 0 Å². The monoisotopic (exact) mass is 578 g/mol. The fraction of sp³-hybridized carbons (Fsp3) is 0.600. The van der Waals surface area contributed by atoms with Crippen LogP contribution in [0, 0.1) is 11.3 Å². The average Bonchev–Trinajstić information content (AvgIpc) is 3.66. The Kier molecular flexibility index (Phi) is 8.87. The normalized spacial score (nSPS) is 25.6. The van der Waals surface area contributed by atoms with Crippen LogP contribution in [0.25, 0.3) is 0 Å². The van der Waals surface area contributed by atoms with Crippen LogP contribution in [0.4, 0.5) is 0 Å². The molecule has 1 spiro atoms. The molecule has 1 aliphatic carbocycles. The maximum Gasteiger partial charge on any atom is 0.261 e. The molecular formula is C35H54O3Si2. The lowest BCUT2D eigenvalue weighted by atomic mass is 9.64. The van der Waals surface area contributed by atoms with Crippen molar-refractivity contribution in [3.63, 3.8) is 0 Å². The highest BCUT2D eigenvalue weighted by Gasteiger charge is 2.60. The minimum absolute atomic E-state index is 0.000433. The molecule has 1 saturated heterocycles. The van der Waals surface area contributed by atoms with E-state index in [0.29, 0.717) is 12.5 Å². The molecule has 1 aliphatic heterocycles. The molecule has 1 fully saturated rings. The van der Waals surface area contributed by atoms with E-state index in [4.69, 9.17) is 13.6 Å². The average molecular weight is 579 g/mol. The first-order valence-corrected chi connectivity index (χ1v) is 20.1. The number of ether oxygens (including phenoxy) is 1. The Morgan fingerprint density at radius 3 is 1.82 bits per heavy atom. The molecular weight excluding hydrogens is 525 g/mol. The minimum atomic E-state index is -2.59. The van der Waals surface area contributed by atoms with Crippen LogP contribution in [0.15, 0.2) is 72.3 Å². The van der Waals surface area contributed by atoms with Crippen molar-refractivity contribution in [1.82, 2.24) is 0 Å². The second-order valence-corrected chi connectivity index (χ2v) is 24.3. The lowest BCUT2D eigenvalue weighted by Crippen LogP contribution is -2.66. The molecule has 0 unspecified atom stereocenters. The molecule has 0 bridgehead atoms. The predicted octanol–water partition coefficient (Wildman–Crippen LogP) is 8.11. The molecule has 0 N–H and O–H groups in total. The Morgan fingerprint density at radius 2 is 1.38 bits per heavy atom. The quantitative estimate of drug-likeness (QED) is 0.123. The molecule has 3 nitrogen and oxygen atoms in total. The van der Waals surface area contributed by atoms with Crippen molar-refractivity contribution in [2.75, 3.05) is 19.8 Å². The van der Waals surface area contributed by atoms with Crippen LogP contribution in [0.3, 0.4) is 0 Å². The third-order valence-corrected chi connectivity index (χ3v) is 19.8.